The maximum absolute atomic E-state index is 12.4. The first-order valence-electron chi connectivity index (χ1n) is 9.70. The third kappa shape index (κ3) is 3.76. The van der Waals surface area contributed by atoms with Gasteiger partial charge in [0.25, 0.3) is 5.91 Å². The molecule has 2 aliphatic heterocycles. The summed E-state index contributed by atoms with van der Waals surface area (Å²) in [6, 6.07) is 14.8. The van der Waals surface area contributed by atoms with Crippen LogP contribution in [0.2, 0.25) is 0 Å². The van der Waals surface area contributed by atoms with Crippen LogP contribution in [0.15, 0.2) is 48.5 Å². The molecule has 0 bridgehead atoms. The van der Waals surface area contributed by atoms with Gasteiger partial charge >= 0.3 is 0 Å². The molecule has 2 saturated heterocycles. The van der Waals surface area contributed by atoms with Crippen molar-refractivity contribution in [2.24, 2.45) is 0 Å². The fourth-order valence-electron chi connectivity index (χ4n) is 3.71. The Bertz CT molecular complexity index is 890. The van der Waals surface area contributed by atoms with Crippen LogP contribution >= 0.6 is 0 Å². The Balaban J connectivity index is 1.34. The fourth-order valence-corrected chi connectivity index (χ4v) is 3.71. The van der Waals surface area contributed by atoms with Crippen LogP contribution in [0.1, 0.15) is 41.6 Å². The van der Waals surface area contributed by atoms with Crippen molar-refractivity contribution in [3.8, 4) is 0 Å². The number of benzene rings is 2. The van der Waals surface area contributed by atoms with Gasteiger partial charge in [0.1, 0.15) is 0 Å². The Labute approximate surface area is 164 Å². The van der Waals surface area contributed by atoms with Crippen molar-refractivity contribution in [1.82, 2.24) is 5.32 Å². The Morgan fingerprint density at radius 2 is 1.29 bits per heavy atom. The van der Waals surface area contributed by atoms with Gasteiger partial charge in [-0.15, -0.1) is 0 Å². The lowest BCUT2D eigenvalue weighted by atomic mass is 10.1. The van der Waals surface area contributed by atoms with E-state index in [1.54, 1.807) is 21.9 Å². The van der Waals surface area contributed by atoms with Crippen LogP contribution in [0.25, 0.3) is 0 Å². The molecular formula is C22H23N3O3. The van der Waals surface area contributed by atoms with Gasteiger partial charge in [-0.2, -0.15) is 0 Å². The van der Waals surface area contributed by atoms with Crippen LogP contribution in [0.5, 0.6) is 0 Å². The van der Waals surface area contributed by atoms with Gasteiger partial charge in [-0.25, -0.2) is 0 Å². The van der Waals surface area contributed by atoms with Crippen LogP contribution < -0.4 is 15.1 Å². The zero-order chi connectivity index (χ0) is 19.5. The average molecular weight is 377 g/mol. The van der Waals surface area contributed by atoms with Gasteiger partial charge in [0.05, 0.1) is 0 Å². The van der Waals surface area contributed by atoms with Gasteiger partial charge in [-0.3, -0.25) is 14.4 Å². The maximum atomic E-state index is 12.4. The summed E-state index contributed by atoms with van der Waals surface area (Å²) in [5.41, 5.74) is 3.29. The van der Waals surface area contributed by atoms with Crippen molar-refractivity contribution in [2.75, 3.05) is 22.9 Å². The van der Waals surface area contributed by atoms with Crippen molar-refractivity contribution >= 4 is 29.1 Å². The minimum absolute atomic E-state index is 0.135. The standard InChI is InChI=1S/C22H23N3O3/c26-20-3-1-13-24(20)18-9-5-16(6-10-18)15-23-22(28)17-7-11-19(12-8-17)25-14-2-4-21(25)27/h5-12H,1-4,13-15H2,(H,23,28). The molecule has 28 heavy (non-hydrogen) atoms. The largest absolute Gasteiger partial charge is 0.348 e. The molecule has 6 nitrogen and oxygen atoms in total. The minimum atomic E-state index is -0.155. The van der Waals surface area contributed by atoms with E-state index in [1.807, 2.05) is 36.4 Å². The number of carbonyl (C=O) groups excluding carboxylic acids is 3. The topological polar surface area (TPSA) is 69.7 Å². The number of amides is 3. The van der Waals surface area contributed by atoms with E-state index >= 15 is 0 Å². The second-order valence-electron chi connectivity index (χ2n) is 7.19. The number of nitrogens with zero attached hydrogens (tertiary/aromatic N) is 2. The molecule has 0 unspecified atom stereocenters. The van der Waals surface area contributed by atoms with Crippen LogP contribution in [-0.2, 0) is 16.1 Å². The van der Waals surface area contributed by atoms with Crippen molar-refractivity contribution in [2.45, 2.75) is 32.2 Å². The average Bonchev–Trinajstić information content (AvgIpc) is 3.35. The summed E-state index contributed by atoms with van der Waals surface area (Å²) in [5, 5.41) is 2.91. The number of nitrogens with one attached hydrogen (secondary N) is 1. The first-order valence-corrected chi connectivity index (χ1v) is 9.70. The van der Waals surface area contributed by atoms with Crippen LogP contribution in [0.3, 0.4) is 0 Å². The van der Waals surface area contributed by atoms with E-state index in [1.165, 1.54) is 0 Å². The van der Waals surface area contributed by atoms with E-state index in [9.17, 15) is 14.4 Å². The van der Waals surface area contributed by atoms with Crippen molar-refractivity contribution in [3.05, 3.63) is 59.7 Å². The van der Waals surface area contributed by atoms with Gasteiger partial charge in [-0.1, -0.05) is 12.1 Å². The van der Waals surface area contributed by atoms with Gasteiger partial charge < -0.3 is 15.1 Å². The highest BCUT2D eigenvalue weighted by Crippen LogP contribution is 2.23. The number of hydrogen-bond donors (Lipinski definition) is 1. The number of hydrogen-bond acceptors (Lipinski definition) is 3. The molecule has 0 radical (unpaired) electrons. The second-order valence-corrected chi connectivity index (χ2v) is 7.19. The highest BCUT2D eigenvalue weighted by atomic mass is 16.2. The molecule has 6 heteroatoms. The Morgan fingerprint density at radius 1 is 0.786 bits per heavy atom. The van der Waals surface area contributed by atoms with E-state index in [-0.39, 0.29) is 17.7 Å². The van der Waals surface area contributed by atoms with E-state index in [2.05, 4.69) is 5.32 Å². The molecule has 2 aromatic carbocycles. The van der Waals surface area contributed by atoms with Crippen LogP contribution in [0, 0.1) is 0 Å². The minimum Gasteiger partial charge on any atom is -0.348 e. The summed E-state index contributed by atoms with van der Waals surface area (Å²) in [5.74, 6) is 0.148. The molecule has 2 heterocycles. The quantitative estimate of drug-likeness (QED) is 0.871. The molecule has 2 aliphatic rings. The maximum Gasteiger partial charge on any atom is 0.251 e. The van der Waals surface area contributed by atoms with Gasteiger partial charge in [-0.05, 0) is 54.8 Å². The number of carbonyl (C=O) groups is 3. The molecular weight excluding hydrogens is 354 g/mol. The zero-order valence-corrected chi connectivity index (χ0v) is 15.7. The molecule has 2 fully saturated rings. The third-order valence-electron chi connectivity index (χ3n) is 5.29. The summed E-state index contributed by atoms with van der Waals surface area (Å²) < 4.78 is 0. The molecule has 1 N–H and O–H groups in total. The van der Waals surface area contributed by atoms with Crippen molar-refractivity contribution < 1.29 is 14.4 Å². The highest BCUT2D eigenvalue weighted by molar-refractivity contribution is 5.97. The first-order chi connectivity index (χ1) is 13.6. The number of anilines is 2. The van der Waals surface area contributed by atoms with Gasteiger partial charge in [0, 0.05) is 49.4 Å². The predicted octanol–water partition coefficient (Wildman–Crippen LogP) is 2.87. The molecule has 0 saturated carbocycles. The summed E-state index contributed by atoms with van der Waals surface area (Å²) in [7, 11) is 0. The molecule has 3 amide bonds. The molecule has 0 aliphatic carbocycles. The van der Waals surface area contributed by atoms with E-state index in [4.69, 9.17) is 0 Å². The molecule has 2 aromatic rings. The third-order valence-corrected chi connectivity index (χ3v) is 5.29. The Hall–Kier alpha value is -3.15. The molecule has 0 aromatic heterocycles. The van der Waals surface area contributed by atoms with E-state index in [0.29, 0.717) is 24.9 Å². The summed E-state index contributed by atoms with van der Waals surface area (Å²) in [6.45, 7) is 1.93. The van der Waals surface area contributed by atoms with Gasteiger partial charge in [0.2, 0.25) is 11.8 Å². The molecule has 0 atom stereocenters. The lowest BCUT2D eigenvalue weighted by molar-refractivity contribution is -0.117. The van der Waals surface area contributed by atoms with Gasteiger partial charge in [0.15, 0.2) is 0 Å². The first kappa shape index (κ1) is 18.2. The van der Waals surface area contributed by atoms with Crippen molar-refractivity contribution in [3.63, 3.8) is 0 Å². The Morgan fingerprint density at radius 3 is 1.75 bits per heavy atom. The monoisotopic (exact) mass is 377 g/mol. The lowest BCUT2D eigenvalue weighted by Crippen LogP contribution is -2.25. The molecule has 0 spiro atoms. The molecule has 4 rings (SSSR count). The zero-order valence-electron chi connectivity index (χ0n) is 15.7. The fraction of sp³-hybridized carbons (Fsp3) is 0.318. The summed E-state index contributed by atoms with van der Waals surface area (Å²) in [4.78, 5) is 39.6. The SMILES string of the molecule is O=C(NCc1ccc(N2CCCC2=O)cc1)c1ccc(N2CCCC2=O)cc1. The number of rotatable bonds is 5. The Kier molecular flexibility index (Phi) is 5.10. The second kappa shape index (κ2) is 7.84. The smallest absolute Gasteiger partial charge is 0.251 e. The van der Waals surface area contributed by atoms with E-state index in [0.717, 1.165) is 42.9 Å². The lowest BCUT2D eigenvalue weighted by Gasteiger charge is -2.16. The highest BCUT2D eigenvalue weighted by Gasteiger charge is 2.22. The van der Waals surface area contributed by atoms with Crippen molar-refractivity contribution in [1.29, 1.82) is 0 Å². The van der Waals surface area contributed by atoms with Crippen LogP contribution in [-0.4, -0.2) is 30.8 Å². The predicted molar refractivity (Wildman–Crippen MR) is 107 cm³/mol. The summed E-state index contributed by atoms with van der Waals surface area (Å²) >= 11 is 0. The molecule has 144 valence electrons. The normalized spacial score (nSPS) is 16.7. The van der Waals surface area contributed by atoms with E-state index < -0.39 is 0 Å². The summed E-state index contributed by atoms with van der Waals surface area (Å²) in [6.07, 6.45) is 2.99. The van der Waals surface area contributed by atoms with Crippen LogP contribution in [0.4, 0.5) is 11.4 Å².